The molecule has 4 nitrogen and oxygen atoms in total. The van der Waals surface area contributed by atoms with Gasteiger partial charge in [-0.3, -0.25) is 0 Å². The van der Waals surface area contributed by atoms with Gasteiger partial charge < -0.3 is 4.57 Å². The maximum Gasteiger partial charge on any atom is 0.270 e. The Bertz CT molecular complexity index is 2170. The predicted molar refractivity (Wildman–Crippen MR) is 158 cm³/mol. The van der Waals surface area contributed by atoms with Crippen molar-refractivity contribution in [1.82, 2.24) is 8.54 Å². The van der Waals surface area contributed by atoms with Crippen molar-refractivity contribution >= 4 is 31.8 Å². The van der Waals surface area contributed by atoms with Crippen LogP contribution in [0.25, 0.3) is 61.1 Å². The van der Waals surface area contributed by atoms with Gasteiger partial charge in [0.05, 0.1) is 28.1 Å². The third-order valence-electron chi connectivity index (χ3n) is 7.66. The second-order valence-corrected chi connectivity index (χ2v) is 11.6. The molecule has 0 amide bonds. The van der Waals surface area contributed by atoms with E-state index in [1.807, 2.05) is 84.9 Å². The van der Waals surface area contributed by atoms with E-state index in [9.17, 15) is 8.42 Å². The number of aromatic nitrogens is 2. The number of benzene rings is 5. The summed E-state index contributed by atoms with van der Waals surface area (Å²) in [6.45, 7) is 0. The molecule has 0 bridgehead atoms. The lowest BCUT2D eigenvalue weighted by Crippen LogP contribution is -2.14. The van der Waals surface area contributed by atoms with E-state index in [1.165, 1.54) is 0 Å². The molecule has 0 radical (unpaired) electrons. The van der Waals surface area contributed by atoms with Gasteiger partial charge >= 0.3 is 0 Å². The molecule has 0 saturated carbocycles. The van der Waals surface area contributed by atoms with Crippen LogP contribution in [-0.2, 0) is 10.0 Å². The van der Waals surface area contributed by atoms with E-state index < -0.39 is 10.0 Å². The van der Waals surface area contributed by atoms with Crippen molar-refractivity contribution < 1.29 is 8.42 Å². The third kappa shape index (κ3) is 3.08. The monoisotopic (exact) mass is 522 g/mol. The van der Waals surface area contributed by atoms with Crippen LogP contribution in [0.15, 0.2) is 138 Å². The standard InChI is InChI=1S/C34H22N2O2S/c37-39(38)32-20-8-7-19-29(32)35-30(21-25-15-9-17-27(33(25)35)23-11-3-1-4-12-23)31-22-26-16-10-18-28(34(26)36(31)39)24-13-5-2-6-14-24/h1-22H. The van der Waals surface area contributed by atoms with Crippen LogP contribution in [0.2, 0.25) is 0 Å². The smallest absolute Gasteiger partial charge is 0.270 e. The lowest BCUT2D eigenvalue weighted by atomic mass is 10.0. The van der Waals surface area contributed by atoms with Gasteiger partial charge in [-0.1, -0.05) is 109 Å². The zero-order valence-electron chi connectivity index (χ0n) is 20.8. The minimum atomic E-state index is -3.94. The number of nitrogens with zero attached hydrogens (tertiary/aromatic N) is 2. The molecule has 3 heterocycles. The van der Waals surface area contributed by atoms with E-state index in [0.29, 0.717) is 16.9 Å². The fourth-order valence-corrected chi connectivity index (χ4v) is 7.74. The number of fused-ring (bicyclic) bond motifs is 9. The summed E-state index contributed by atoms with van der Waals surface area (Å²) in [5, 5.41) is 1.94. The fourth-order valence-electron chi connectivity index (χ4n) is 6.02. The van der Waals surface area contributed by atoms with Gasteiger partial charge in [0, 0.05) is 21.9 Å². The Kier molecular flexibility index (Phi) is 4.58. The topological polar surface area (TPSA) is 44.0 Å². The normalized spacial score (nSPS) is 13.5. The second-order valence-electron chi connectivity index (χ2n) is 9.85. The zero-order chi connectivity index (χ0) is 26.1. The molecule has 0 atom stereocenters. The molecule has 186 valence electrons. The molecule has 2 aromatic heterocycles. The van der Waals surface area contributed by atoms with Crippen molar-refractivity contribution in [3.05, 3.63) is 133 Å². The highest BCUT2D eigenvalue weighted by Crippen LogP contribution is 2.45. The van der Waals surface area contributed by atoms with Gasteiger partial charge in [0.2, 0.25) is 0 Å². The molecule has 1 aliphatic rings. The first-order valence-electron chi connectivity index (χ1n) is 12.9. The molecule has 8 rings (SSSR count). The first-order chi connectivity index (χ1) is 19.1. The summed E-state index contributed by atoms with van der Waals surface area (Å²) in [7, 11) is -3.94. The van der Waals surface area contributed by atoms with Gasteiger partial charge in [-0.15, -0.1) is 0 Å². The highest BCUT2D eigenvalue weighted by molar-refractivity contribution is 7.90. The predicted octanol–water partition coefficient (Wildman–Crippen LogP) is 8.14. The largest absolute Gasteiger partial charge is 0.306 e. The molecule has 0 spiro atoms. The van der Waals surface area contributed by atoms with Crippen molar-refractivity contribution in [2.75, 3.05) is 0 Å². The first kappa shape index (κ1) is 22.1. The Labute approximate surface area is 226 Å². The molecular weight excluding hydrogens is 500 g/mol. The Morgan fingerprint density at radius 1 is 0.487 bits per heavy atom. The maximum absolute atomic E-state index is 14.6. The van der Waals surface area contributed by atoms with E-state index in [2.05, 4.69) is 41.0 Å². The van der Waals surface area contributed by atoms with E-state index in [4.69, 9.17) is 0 Å². The Balaban J connectivity index is 1.58. The number of rotatable bonds is 2. The van der Waals surface area contributed by atoms with E-state index in [0.717, 1.165) is 44.2 Å². The van der Waals surface area contributed by atoms with Crippen LogP contribution in [0.5, 0.6) is 0 Å². The van der Waals surface area contributed by atoms with Gasteiger partial charge in [0.15, 0.2) is 0 Å². The van der Waals surface area contributed by atoms with Crippen molar-refractivity contribution in [2.24, 2.45) is 0 Å². The van der Waals surface area contributed by atoms with E-state index in [1.54, 1.807) is 16.1 Å². The summed E-state index contributed by atoms with van der Waals surface area (Å²) < 4.78 is 32.9. The van der Waals surface area contributed by atoms with Gasteiger partial charge in [0.1, 0.15) is 4.90 Å². The molecule has 7 aromatic rings. The molecule has 1 aliphatic heterocycles. The average molecular weight is 523 g/mol. The fraction of sp³-hybridized carbons (Fsp3) is 0. The number of hydrogen-bond acceptors (Lipinski definition) is 2. The third-order valence-corrected chi connectivity index (χ3v) is 9.42. The van der Waals surface area contributed by atoms with Gasteiger partial charge in [-0.25, -0.2) is 12.4 Å². The Morgan fingerprint density at radius 2 is 1.03 bits per heavy atom. The van der Waals surface area contributed by atoms with Crippen molar-refractivity contribution in [2.45, 2.75) is 4.90 Å². The molecule has 39 heavy (non-hydrogen) atoms. The minimum Gasteiger partial charge on any atom is -0.306 e. The Morgan fingerprint density at radius 3 is 1.69 bits per heavy atom. The molecular formula is C34H22N2O2S. The van der Waals surface area contributed by atoms with Gasteiger partial charge in [-0.05, 0) is 35.4 Å². The lowest BCUT2D eigenvalue weighted by Gasteiger charge is -2.14. The molecule has 0 unspecified atom stereocenters. The summed E-state index contributed by atoms with van der Waals surface area (Å²) in [6.07, 6.45) is 0. The van der Waals surface area contributed by atoms with E-state index in [-0.39, 0.29) is 4.90 Å². The summed E-state index contributed by atoms with van der Waals surface area (Å²) in [6, 6.07) is 44.0. The van der Waals surface area contributed by atoms with E-state index >= 15 is 0 Å². The van der Waals surface area contributed by atoms with Crippen molar-refractivity contribution in [1.29, 1.82) is 0 Å². The number of para-hydroxylation sites is 3. The number of hydrogen-bond donors (Lipinski definition) is 0. The molecule has 5 heteroatoms. The molecule has 0 N–H and O–H groups in total. The highest BCUT2D eigenvalue weighted by atomic mass is 32.2. The summed E-state index contributed by atoms with van der Waals surface area (Å²) >= 11 is 0. The second kappa shape index (κ2) is 8.06. The minimum absolute atomic E-state index is 0.283. The average Bonchev–Trinajstić information content (AvgIpc) is 3.55. The van der Waals surface area contributed by atoms with Crippen LogP contribution in [0.4, 0.5) is 0 Å². The first-order valence-corrected chi connectivity index (χ1v) is 14.3. The molecule has 0 fully saturated rings. The van der Waals surface area contributed by atoms with Crippen LogP contribution in [0, 0.1) is 0 Å². The highest BCUT2D eigenvalue weighted by Gasteiger charge is 2.34. The van der Waals surface area contributed by atoms with Gasteiger partial charge in [0.25, 0.3) is 10.0 Å². The quantitative estimate of drug-likeness (QED) is 0.230. The van der Waals surface area contributed by atoms with Crippen LogP contribution < -0.4 is 0 Å². The molecule has 0 saturated heterocycles. The Hall–Kier alpha value is -4.87. The van der Waals surface area contributed by atoms with Crippen LogP contribution in [0.3, 0.4) is 0 Å². The zero-order valence-corrected chi connectivity index (χ0v) is 21.6. The van der Waals surface area contributed by atoms with Crippen LogP contribution in [-0.4, -0.2) is 17.0 Å². The lowest BCUT2D eigenvalue weighted by molar-refractivity contribution is 0.590. The van der Waals surface area contributed by atoms with Crippen molar-refractivity contribution in [3.8, 4) is 39.3 Å². The van der Waals surface area contributed by atoms with Gasteiger partial charge in [-0.2, -0.15) is 0 Å². The summed E-state index contributed by atoms with van der Waals surface area (Å²) in [5.74, 6) is 0. The summed E-state index contributed by atoms with van der Waals surface area (Å²) in [4.78, 5) is 0.283. The van der Waals surface area contributed by atoms with Crippen LogP contribution in [0.1, 0.15) is 0 Å². The SMILES string of the molecule is O=S1(=O)c2ccccc2-n2c(cc3cccc(-c4ccccc4)c32)-c2cc3cccc(-c4ccccc4)c3n21. The molecule has 5 aromatic carbocycles. The molecule has 0 aliphatic carbocycles. The maximum atomic E-state index is 14.6. The van der Waals surface area contributed by atoms with Crippen molar-refractivity contribution in [3.63, 3.8) is 0 Å². The summed E-state index contributed by atoms with van der Waals surface area (Å²) in [5.41, 5.74) is 7.83. The van der Waals surface area contributed by atoms with Crippen LogP contribution >= 0.6 is 0 Å².